The molecule has 1 fully saturated rings. The fourth-order valence-electron chi connectivity index (χ4n) is 3.57. The highest BCUT2D eigenvalue weighted by Crippen LogP contribution is 2.25. The standard InChI is InChI=1S/C22H27FN2O2/c1-15-5-4-12-25(14-15)19-9-6-17(7-10-19)16(2)24-22(26)18-8-11-21(27-3)20(23)13-18/h6-11,13,15-16H,4-5,12,14H2,1-3H3,(H,24,26)/t15-,16+/m0/s1. The zero-order valence-corrected chi connectivity index (χ0v) is 16.2. The van der Waals surface area contributed by atoms with E-state index >= 15 is 0 Å². The van der Waals surface area contributed by atoms with Crippen LogP contribution in [0, 0.1) is 11.7 Å². The van der Waals surface area contributed by atoms with Crippen molar-refractivity contribution in [1.29, 1.82) is 0 Å². The van der Waals surface area contributed by atoms with E-state index in [2.05, 4.69) is 29.3 Å². The Hall–Kier alpha value is -2.56. The third kappa shape index (κ3) is 4.59. The van der Waals surface area contributed by atoms with Gasteiger partial charge in [-0.25, -0.2) is 4.39 Å². The molecule has 4 nitrogen and oxygen atoms in total. The van der Waals surface area contributed by atoms with Crippen LogP contribution in [0.1, 0.15) is 48.7 Å². The summed E-state index contributed by atoms with van der Waals surface area (Å²) < 4.78 is 18.7. The number of carbonyl (C=O) groups is 1. The molecule has 5 heteroatoms. The van der Waals surface area contributed by atoms with Crippen molar-refractivity contribution >= 4 is 11.6 Å². The SMILES string of the molecule is COc1ccc(C(=O)N[C@H](C)c2ccc(N3CCC[C@H](C)C3)cc2)cc1F. The van der Waals surface area contributed by atoms with Crippen molar-refractivity contribution in [3.05, 3.63) is 59.4 Å². The minimum absolute atomic E-state index is 0.127. The lowest BCUT2D eigenvalue weighted by molar-refractivity contribution is 0.0939. The molecule has 3 rings (SSSR count). The number of amides is 1. The van der Waals surface area contributed by atoms with Gasteiger partial charge < -0.3 is 15.0 Å². The molecule has 27 heavy (non-hydrogen) atoms. The van der Waals surface area contributed by atoms with Crippen molar-refractivity contribution in [2.45, 2.75) is 32.7 Å². The Morgan fingerprint density at radius 3 is 2.63 bits per heavy atom. The molecule has 2 aromatic rings. The molecule has 1 aliphatic rings. The molecule has 144 valence electrons. The fraction of sp³-hybridized carbons (Fsp3) is 0.409. The van der Waals surface area contributed by atoms with Gasteiger partial charge in [0.1, 0.15) is 0 Å². The molecule has 0 spiro atoms. The zero-order chi connectivity index (χ0) is 19.4. The predicted molar refractivity (Wildman–Crippen MR) is 106 cm³/mol. The van der Waals surface area contributed by atoms with E-state index in [9.17, 15) is 9.18 Å². The topological polar surface area (TPSA) is 41.6 Å². The number of piperidine rings is 1. The van der Waals surface area contributed by atoms with Gasteiger partial charge in [0.2, 0.25) is 0 Å². The third-order valence-corrected chi connectivity index (χ3v) is 5.18. The van der Waals surface area contributed by atoms with Crippen molar-refractivity contribution < 1.29 is 13.9 Å². The Balaban J connectivity index is 1.64. The lowest BCUT2D eigenvalue weighted by Crippen LogP contribution is -2.34. The summed E-state index contributed by atoms with van der Waals surface area (Å²) in [5, 5.41) is 2.92. The van der Waals surface area contributed by atoms with Gasteiger partial charge in [-0.1, -0.05) is 19.1 Å². The van der Waals surface area contributed by atoms with Crippen molar-refractivity contribution in [2.24, 2.45) is 5.92 Å². The average molecular weight is 370 g/mol. The molecule has 1 N–H and O–H groups in total. The van der Waals surface area contributed by atoms with Crippen LogP contribution in [-0.4, -0.2) is 26.1 Å². The number of rotatable bonds is 5. The van der Waals surface area contributed by atoms with Crippen LogP contribution in [0.25, 0.3) is 0 Å². The molecule has 0 aliphatic carbocycles. The van der Waals surface area contributed by atoms with E-state index in [1.807, 2.05) is 19.1 Å². The van der Waals surface area contributed by atoms with Gasteiger partial charge in [-0.15, -0.1) is 0 Å². The number of hydrogen-bond donors (Lipinski definition) is 1. The molecule has 0 bridgehead atoms. The summed E-state index contributed by atoms with van der Waals surface area (Å²) in [5.74, 6) is -0.000325. The molecule has 0 aromatic heterocycles. The summed E-state index contributed by atoms with van der Waals surface area (Å²) in [6, 6.07) is 12.4. The molecule has 1 aliphatic heterocycles. The van der Waals surface area contributed by atoms with Gasteiger partial charge >= 0.3 is 0 Å². The summed E-state index contributed by atoms with van der Waals surface area (Å²) in [7, 11) is 1.40. The van der Waals surface area contributed by atoms with Crippen LogP contribution < -0.4 is 15.0 Å². The Morgan fingerprint density at radius 1 is 1.26 bits per heavy atom. The zero-order valence-electron chi connectivity index (χ0n) is 16.2. The van der Waals surface area contributed by atoms with E-state index in [0.29, 0.717) is 0 Å². The molecule has 0 unspecified atom stereocenters. The predicted octanol–water partition coefficient (Wildman–Crippen LogP) is 4.56. The fourth-order valence-corrected chi connectivity index (χ4v) is 3.57. The third-order valence-electron chi connectivity index (χ3n) is 5.18. The van der Waals surface area contributed by atoms with E-state index in [4.69, 9.17) is 4.74 Å². The molecule has 1 saturated heterocycles. The summed E-state index contributed by atoms with van der Waals surface area (Å²) in [6.45, 7) is 6.41. The quantitative estimate of drug-likeness (QED) is 0.839. The summed E-state index contributed by atoms with van der Waals surface area (Å²) in [6.07, 6.45) is 2.53. The van der Waals surface area contributed by atoms with Crippen LogP contribution in [0.5, 0.6) is 5.75 Å². The maximum Gasteiger partial charge on any atom is 0.251 e. The molecular weight excluding hydrogens is 343 g/mol. The Bertz CT molecular complexity index is 791. The van der Waals surface area contributed by atoms with Crippen LogP contribution in [0.4, 0.5) is 10.1 Å². The minimum atomic E-state index is -0.544. The van der Waals surface area contributed by atoms with Crippen molar-refractivity contribution in [3.63, 3.8) is 0 Å². The highest BCUT2D eigenvalue weighted by molar-refractivity contribution is 5.94. The highest BCUT2D eigenvalue weighted by Gasteiger charge is 2.17. The number of methoxy groups -OCH3 is 1. The van der Waals surface area contributed by atoms with Gasteiger partial charge in [-0.2, -0.15) is 0 Å². The van der Waals surface area contributed by atoms with E-state index < -0.39 is 5.82 Å². The van der Waals surface area contributed by atoms with Gasteiger partial charge in [-0.3, -0.25) is 4.79 Å². The second kappa shape index (κ2) is 8.42. The molecule has 1 amide bonds. The first-order valence-electron chi connectivity index (χ1n) is 9.47. The largest absolute Gasteiger partial charge is 0.494 e. The van der Waals surface area contributed by atoms with Crippen LogP contribution in [0.15, 0.2) is 42.5 Å². The smallest absolute Gasteiger partial charge is 0.251 e. The van der Waals surface area contributed by atoms with E-state index in [0.717, 1.165) is 24.6 Å². The van der Waals surface area contributed by atoms with E-state index in [-0.39, 0.29) is 23.3 Å². The first kappa shape index (κ1) is 19.2. The molecular formula is C22H27FN2O2. The van der Waals surface area contributed by atoms with Crippen molar-refractivity contribution in [2.75, 3.05) is 25.1 Å². The number of benzene rings is 2. The van der Waals surface area contributed by atoms with Crippen molar-refractivity contribution in [3.8, 4) is 5.75 Å². The van der Waals surface area contributed by atoms with Gasteiger partial charge in [0.25, 0.3) is 5.91 Å². The molecule has 0 radical (unpaired) electrons. The summed E-state index contributed by atoms with van der Waals surface area (Å²) in [5.41, 5.74) is 2.52. The first-order chi connectivity index (χ1) is 13.0. The number of nitrogens with one attached hydrogen (secondary N) is 1. The molecule has 2 aromatic carbocycles. The lowest BCUT2D eigenvalue weighted by Gasteiger charge is -2.33. The monoisotopic (exact) mass is 370 g/mol. The molecule has 2 atom stereocenters. The minimum Gasteiger partial charge on any atom is -0.494 e. The first-order valence-corrected chi connectivity index (χ1v) is 9.47. The number of nitrogens with zero attached hydrogens (tertiary/aromatic N) is 1. The van der Waals surface area contributed by atoms with Crippen LogP contribution in [0.3, 0.4) is 0 Å². The van der Waals surface area contributed by atoms with Crippen LogP contribution in [-0.2, 0) is 0 Å². The Kier molecular flexibility index (Phi) is 5.99. The number of anilines is 1. The van der Waals surface area contributed by atoms with Gasteiger partial charge in [0.15, 0.2) is 11.6 Å². The van der Waals surface area contributed by atoms with Gasteiger partial charge in [-0.05, 0) is 61.6 Å². The van der Waals surface area contributed by atoms with Crippen LogP contribution in [0.2, 0.25) is 0 Å². The number of hydrogen-bond acceptors (Lipinski definition) is 3. The second-order valence-corrected chi connectivity index (χ2v) is 7.33. The lowest BCUT2D eigenvalue weighted by atomic mass is 9.99. The maximum atomic E-state index is 13.8. The normalized spacial score (nSPS) is 18.1. The van der Waals surface area contributed by atoms with E-state index in [1.165, 1.54) is 37.8 Å². The Labute approximate surface area is 160 Å². The number of ether oxygens (including phenoxy) is 1. The van der Waals surface area contributed by atoms with E-state index in [1.54, 1.807) is 6.07 Å². The molecule has 1 heterocycles. The Morgan fingerprint density at radius 2 is 2.00 bits per heavy atom. The van der Waals surface area contributed by atoms with Crippen molar-refractivity contribution in [1.82, 2.24) is 5.32 Å². The summed E-state index contributed by atoms with van der Waals surface area (Å²) in [4.78, 5) is 14.8. The second-order valence-electron chi connectivity index (χ2n) is 7.33. The number of halogens is 1. The highest BCUT2D eigenvalue weighted by atomic mass is 19.1. The number of carbonyl (C=O) groups excluding carboxylic acids is 1. The average Bonchev–Trinajstić information content (AvgIpc) is 2.68. The summed E-state index contributed by atoms with van der Waals surface area (Å²) >= 11 is 0. The van der Waals surface area contributed by atoms with Crippen LogP contribution >= 0.6 is 0 Å². The molecule has 0 saturated carbocycles. The van der Waals surface area contributed by atoms with Gasteiger partial charge in [0, 0.05) is 24.3 Å². The maximum absolute atomic E-state index is 13.8. The van der Waals surface area contributed by atoms with Gasteiger partial charge in [0.05, 0.1) is 13.2 Å².